The number of oxazole rings is 1. The molecule has 3 aromatic heterocycles. The minimum absolute atomic E-state index is 0.126. The summed E-state index contributed by atoms with van der Waals surface area (Å²) in [5.74, 6) is -0.292. The monoisotopic (exact) mass is 349 g/mol. The van der Waals surface area contributed by atoms with Gasteiger partial charge in [0.15, 0.2) is 11.4 Å². The molecular weight excluding hydrogens is 334 g/mol. The number of benzene rings is 1. The van der Waals surface area contributed by atoms with Crippen molar-refractivity contribution in [3.8, 4) is 11.3 Å². The Morgan fingerprint density at radius 2 is 2.00 bits per heavy atom. The zero-order chi connectivity index (χ0) is 17.9. The highest BCUT2D eigenvalue weighted by Crippen LogP contribution is 2.18. The number of aryl methyl sites for hydroxylation is 1. The van der Waals surface area contributed by atoms with Crippen molar-refractivity contribution in [3.05, 3.63) is 65.4 Å². The molecule has 0 unspecified atom stereocenters. The number of carbonyl (C=O) groups is 1. The van der Waals surface area contributed by atoms with Crippen molar-refractivity contribution >= 4 is 22.8 Å². The predicted octanol–water partition coefficient (Wildman–Crippen LogP) is 2.41. The number of fused-ring (bicyclic) bond motifs is 1. The molecule has 0 aliphatic rings. The molecule has 0 spiro atoms. The molecule has 26 heavy (non-hydrogen) atoms. The van der Waals surface area contributed by atoms with Crippen LogP contribution in [0, 0.1) is 0 Å². The van der Waals surface area contributed by atoms with E-state index in [2.05, 4.69) is 20.5 Å². The fourth-order valence-corrected chi connectivity index (χ4v) is 2.71. The molecule has 0 radical (unpaired) electrons. The summed E-state index contributed by atoms with van der Waals surface area (Å²) < 4.78 is 6.60. The average Bonchev–Trinajstić information content (AvgIpc) is 3.24. The lowest BCUT2D eigenvalue weighted by Gasteiger charge is -2.03. The predicted molar refractivity (Wildman–Crippen MR) is 95.5 cm³/mol. The van der Waals surface area contributed by atoms with Gasteiger partial charge in [0.25, 0.3) is 0 Å². The SMILES string of the molecule is O=C(CCn1c(=O)oc2ccccc21)Nc1cc(-c2ccncc2)[nH]n1. The van der Waals surface area contributed by atoms with Gasteiger partial charge in [-0.1, -0.05) is 12.1 Å². The van der Waals surface area contributed by atoms with Crippen LogP contribution in [0.25, 0.3) is 22.4 Å². The summed E-state index contributed by atoms with van der Waals surface area (Å²) in [5.41, 5.74) is 2.88. The van der Waals surface area contributed by atoms with E-state index >= 15 is 0 Å². The Balaban J connectivity index is 1.42. The molecule has 130 valence electrons. The molecule has 8 nitrogen and oxygen atoms in total. The van der Waals surface area contributed by atoms with Gasteiger partial charge in [0.1, 0.15) is 0 Å². The van der Waals surface area contributed by atoms with E-state index in [9.17, 15) is 9.59 Å². The molecule has 4 aromatic rings. The smallest absolute Gasteiger partial charge is 0.408 e. The summed E-state index contributed by atoms with van der Waals surface area (Å²) in [6.45, 7) is 0.226. The number of pyridine rings is 1. The summed E-state index contributed by atoms with van der Waals surface area (Å²) >= 11 is 0. The second kappa shape index (κ2) is 6.67. The van der Waals surface area contributed by atoms with Crippen LogP contribution < -0.4 is 11.1 Å². The number of nitrogens with one attached hydrogen (secondary N) is 2. The Labute approximate surface area is 147 Å². The van der Waals surface area contributed by atoms with Crippen LogP contribution in [-0.2, 0) is 11.3 Å². The molecule has 0 fully saturated rings. The van der Waals surface area contributed by atoms with E-state index in [1.807, 2.05) is 18.2 Å². The Morgan fingerprint density at radius 3 is 2.85 bits per heavy atom. The number of hydrogen-bond donors (Lipinski definition) is 2. The van der Waals surface area contributed by atoms with Crippen molar-refractivity contribution < 1.29 is 9.21 Å². The number of anilines is 1. The Kier molecular flexibility index (Phi) is 4.06. The number of para-hydroxylation sites is 2. The Bertz CT molecular complexity index is 1110. The van der Waals surface area contributed by atoms with Gasteiger partial charge in [-0.25, -0.2) is 4.79 Å². The van der Waals surface area contributed by atoms with E-state index < -0.39 is 5.76 Å². The van der Waals surface area contributed by atoms with Crippen LogP contribution >= 0.6 is 0 Å². The normalized spacial score (nSPS) is 10.9. The lowest BCUT2D eigenvalue weighted by Crippen LogP contribution is -2.19. The van der Waals surface area contributed by atoms with Crippen LogP contribution in [0.4, 0.5) is 5.82 Å². The number of aromatic nitrogens is 4. The highest BCUT2D eigenvalue weighted by Gasteiger charge is 2.11. The van der Waals surface area contributed by atoms with E-state index in [-0.39, 0.29) is 18.9 Å². The third-order valence-electron chi connectivity index (χ3n) is 3.97. The van der Waals surface area contributed by atoms with Crippen molar-refractivity contribution in [2.45, 2.75) is 13.0 Å². The van der Waals surface area contributed by atoms with Gasteiger partial charge in [-0.05, 0) is 24.3 Å². The maximum absolute atomic E-state index is 12.2. The molecule has 0 atom stereocenters. The van der Waals surface area contributed by atoms with Gasteiger partial charge in [0.05, 0.1) is 11.2 Å². The van der Waals surface area contributed by atoms with E-state index in [4.69, 9.17) is 4.42 Å². The van der Waals surface area contributed by atoms with Crippen LogP contribution in [0.15, 0.2) is 64.1 Å². The molecular formula is C18H15N5O3. The number of H-pyrrole nitrogens is 1. The number of rotatable bonds is 5. The van der Waals surface area contributed by atoms with Gasteiger partial charge in [-0.2, -0.15) is 5.10 Å². The van der Waals surface area contributed by atoms with Crippen LogP contribution in [-0.4, -0.2) is 25.7 Å². The van der Waals surface area contributed by atoms with Crippen LogP contribution in [0.5, 0.6) is 0 Å². The van der Waals surface area contributed by atoms with E-state index in [0.29, 0.717) is 16.9 Å². The average molecular weight is 349 g/mol. The van der Waals surface area contributed by atoms with E-state index in [1.54, 1.807) is 36.7 Å². The molecule has 0 saturated heterocycles. The molecule has 1 amide bonds. The summed E-state index contributed by atoms with van der Waals surface area (Å²) in [6.07, 6.45) is 3.49. The van der Waals surface area contributed by atoms with Crippen molar-refractivity contribution in [1.82, 2.24) is 19.7 Å². The number of carbonyl (C=O) groups excluding carboxylic acids is 1. The highest BCUT2D eigenvalue weighted by atomic mass is 16.4. The molecule has 0 saturated carbocycles. The zero-order valence-corrected chi connectivity index (χ0v) is 13.7. The number of amides is 1. The van der Waals surface area contributed by atoms with Crippen LogP contribution in [0.3, 0.4) is 0 Å². The first kappa shape index (κ1) is 15.8. The lowest BCUT2D eigenvalue weighted by molar-refractivity contribution is -0.116. The Morgan fingerprint density at radius 1 is 1.19 bits per heavy atom. The first-order chi connectivity index (χ1) is 12.7. The standard InChI is InChI=1S/C18H15N5O3/c24-17(7-10-23-14-3-1-2-4-15(14)26-18(23)25)20-16-11-13(21-22-16)12-5-8-19-9-6-12/h1-6,8-9,11H,7,10H2,(H2,20,21,22,24). The van der Waals surface area contributed by atoms with Crippen molar-refractivity contribution in [3.63, 3.8) is 0 Å². The molecule has 0 aliphatic heterocycles. The summed E-state index contributed by atoms with van der Waals surface area (Å²) in [7, 11) is 0. The van der Waals surface area contributed by atoms with Gasteiger partial charge >= 0.3 is 5.76 Å². The third-order valence-corrected chi connectivity index (χ3v) is 3.97. The maximum atomic E-state index is 12.2. The van der Waals surface area contributed by atoms with Gasteiger partial charge < -0.3 is 9.73 Å². The van der Waals surface area contributed by atoms with Crippen LogP contribution in [0.1, 0.15) is 6.42 Å². The Hall–Kier alpha value is -3.68. The second-order valence-electron chi connectivity index (χ2n) is 5.69. The van der Waals surface area contributed by atoms with Gasteiger partial charge in [-0.15, -0.1) is 0 Å². The lowest BCUT2D eigenvalue weighted by atomic mass is 10.2. The maximum Gasteiger partial charge on any atom is 0.419 e. The zero-order valence-electron chi connectivity index (χ0n) is 13.7. The summed E-state index contributed by atoms with van der Waals surface area (Å²) in [5, 5.41) is 9.67. The fraction of sp³-hybridized carbons (Fsp3) is 0.111. The molecule has 0 aliphatic carbocycles. The largest absolute Gasteiger partial charge is 0.419 e. The molecule has 3 heterocycles. The first-order valence-corrected chi connectivity index (χ1v) is 8.05. The van der Waals surface area contributed by atoms with Gasteiger partial charge in [0.2, 0.25) is 5.91 Å². The van der Waals surface area contributed by atoms with Crippen molar-refractivity contribution in [2.24, 2.45) is 0 Å². The second-order valence-corrected chi connectivity index (χ2v) is 5.69. The summed E-state index contributed by atoms with van der Waals surface area (Å²) in [6, 6.07) is 12.5. The first-order valence-electron chi connectivity index (χ1n) is 8.05. The van der Waals surface area contributed by atoms with Gasteiger partial charge in [-0.3, -0.25) is 19.4 Å². The number of aromatic amines is 1. The van der Waals surface area contributed by atoms with Crippen LogP contribution in [0.2, 0.25) is 0 Å². The molecule has 1 aromatic carbocycles. The quantitative estimate of drug-likeness (QED) is 0.575. The van der Waals surface area contributed by atoms with Crippen molar-refractivity contribution in [2.75, 3.05) is 5.32 Å². The summed E-state index contributed by atoms with van der Waals surface area (Å²) in [4.78, 5) is 28.1. The van der Waals surface area contributed by atoms with E-state index in [0.717, 1.165) is 11.3 Å². The van der Waals surface area contributed by atoms with Crippen molar-refractivity contribution in [1.29, 1.82) is 0 Å². The molecule has 0 bridgehead atoms. The molecule has 2 N–H and O–H groups in total. The van der Waals surface area contributed by atoms with Gasteiger partial charge in [0, 0.05) is 37.0 Å². The molecule has 8 heteroatoms. The third kappa shape index (κ3) is 3.12. The topological polar surface area (TPSA) is 106 Å². The molecule has 4 rings (SSSR count). The van der Waals surface area contributed by atoms with E-state index in [1.165, 1.54) is 4.57 Å². The minimum Gasteiger partial charge on any atom is -0.408 e. The number of hydrogen-bond acceptors (Lipinski definition) is 5. The minimum atomic E-state index is -0.473. The fourth-order valence-electron chi connectivity index (χ4n) is 2.71. The highest BCUT2D eigenvalue weighted by molar-refractivity contribution is 5.90. The number of nitrogens with zero attached hydrogens (tertiary/aromatic N) is 3.